The van der Waals surface area contributed by atoms with Gasteiger partial charge in [-0.2, -0.15) is 0 Å². The van der Waals surface area contributed by atoms with Gasteiger partial charge >= 0.3 is 0 Å². The molecular formula is C17H22N2O. The first-order chi connectivity index (χ1) is 9.36. The fourth-order valence-electron chi connectivity index (χ4n) is 1.80. The predicted molar refractivity (Wildman–Crippen MR) is 83.2 cm³/mol. The quantitative estimate of drug-likeness (QED) is 0.762. The third kappa shape index (κ3) is 3.98. The van der Waals surface area contributed by atoms with Crippen LogP contribution in [0.1, 0.15) is 39.1 Å². The zero-order valence-electron chi connectivity index (χ0n) is 12.9. The number of Topliss-reactive ketones (excluding diaryl/α,β-unsaturated/α-hetero) is 1. The van der Waals surface area contributed by atoms with Crippen LogP contribution < -0.4 is 0 Å². The lowest BCUT2D eigenvalue weighted by atomic mass is 9.93. The number of hydrogen-bond donors (Lipinski definition) is 0. The van der Waals surface area contributed by atoms with Gasteiger partial charge in [0, 0.05) is 23.9 Å². The lowest BCUT2D eigenvalue weighted by molar-refractivity contribution is -0.119. The summed E-state index contributed by atoms with van der Waals surface area (Å²) < 4.78 is 0. The molecule has 0 saturated heterocycles. The molecule has 0 aliphatic rings. The number of rotatable bonds is 5. The Balaban J connectivity index is 3.17. The van der Waals surface area contributed by atoms with Gasteiger partial charge in [0.25, 0.3) is 0 Å². The first-order valence-electron chi connectivity index (χ1n) is 6.67. The zero-order valence-corrected chi connectivity index (χ0v) is 12.9. The van der Waals surface area contributed by atoms with Gasteiger partial charge in [0.1, 0.15) is 11.6 Å². The second-order valence-corrected chi connectivity index (χ2v) is 5.02. The molecule has 1 rings (SSSR count). The van der Waals surface area contributed by atoms with Gasteiger partial charge in [0.05, 0.1) is 0 Å². The van der Waals surface area contributed by atoms with Gasteiger partial charge in [-0.05, 0) is 33.3 Å². The Morgan fingerprint density at radius 1 is 1.25 bits per heavy atom. The van der Waals surface area contributed by atoms with Crippen molar-refractivity contribution in [1.29, 1.82) is 0 Å². The Morgan fingerprint density at radius 2 is 1.80 bits per heavy atom. The van der Waals surface area contributed by atoms with Crippen LogP contribution in [-0.4, -0.2) is 15.8 Å². The molecule has 0 N–H and O–H groups in total. The van der Waals surface area contributed by atoms with Crippen molar-refractivity contribution in [2.75, 3.05) is 0 Å². The van der Waals surface area contributed by atoms with Crippen LogP contribution in [0, 0.1) is 12.8 Å². The third-order valence-corrected chi connectivity index (χ3v) is 3.59. The molecule has 0 aliphatic carbocycles. The number of carbonyl (C=O) groups is 1. The predicted octanol–water partition coefficient (Wildman–Crippen LogP) is 3.92. The van der Waals surface area contributed by atoms with Gasteiger partial charge in [-0.1, -0.05) is 36.8 Å². The van der Waals surface area contributed by atoms with E-state index in [1.165, 1.54) is 0 Å². The Hall–Kier alpha value is -2.03. The van der Waals surface area contributed by atoms with E-state index in [0.29, 0.717) is 0 Å². The molecule has 106 valence electrons. The van der Waals surface area contributed by atoms with Gasteiger partial charge in [-0.25, -0.2) is 9.97 Å². The fraction of sp³-hybridized carbons (Fsp3) is 0.353. The van der Waals surface area contributed by atoms with Crippen molar-refractivity contribution in [2.45, 2.75) is 34.6 Å². The van der Waals surface area contributed by atoms with E-state index in [1.807, 2.05) is 33.8 Å². The highest BCUT2D eigenvalue weighted by atomic mass is 16.1. The molecule has 0 amide bonds. The summed E-state index contributed by atoms with van der Waals surface area (Å²) in [6.45, 7) is 13.2. The molecule has 3 nitrogen and oxygen atoms in total. The first kappa shape index (κ1) is 16.0. The van der Waals surface area contributed by atoms with Gasteiger partial charge in [-0.15, -0.1) is 0 Å². The molecule has 0 spiro atoms. The summed E-state index contributed by atoms with van der Waals surface area (Å²) in [5.41, 5.74) is 4.03. The molecular weight excluding hydrogens is 248 g/mol. The lowest BCUT2D eigenvalue weighted by Crippen LogP contribution is -2.08. The van der Waals surface area contributed by atoms with Crippen LogP contribution in [0.15, 0.2) is 42.3 Å². The summed E-state index contributed by atoms with van der Waals surface area (Å²) in [6, 6.07) is 0. The highest BCUT2D eigenvalue weighted by molar-refractivity contribution is 5.81. The van der Waals surface area contributed by atoms with Gasteiger partial charge in [0.15, 0.2) is 0 Å². The minimum absolute atomic E-state index is 0.0633. The van der Waals surface area contributed by atoms with E-state index in [0.717, 1.165) is 28.1 Å². The summed E-state index contributed by atoms with van der Waals surface area (Å²) >= 11 is 0. The van der Waals surface area contributed by atoms with Gasteiger partial charge < -0.3 is 0 Å². The molecule has 1 heterocycles. The molecule has 0 saturated carbocycles. The highest BCUT2D eigenvalue weighted by Gasteiger charge is 2.11. The van der Waals surface area contributed by atoms with Gasteiger partial charge in [0.2, 0.25) is 0 Å². The summed E-state index contributed by atoms with van der Waals surface area (Å²) in [7, 11) is 0. The van der Waals surface area contributed by atoms with Crippen LogP contribution >= 0.6 is 0 Å². The maximum atomic E-state index is 11.5. The van der Waals surface area contributed by atoms with Crippen molar-refractivity contribution < 1.29 is 4.79 Å². The number of aryl methyl sites for hydroxylation is 1. The third-order valence-electron chi connectivity index (χ3n) is 3.59. The van der Waals surface area contributed by atoms with Crippen molar-refractivity contribution >= 4 is 11.4 Å². The lowest BCUT2D eigenvalue weighted by Gasteiger charge is -2.11. The van der Waals surface area contributed by atoms with Gasteiger partial charge in [-0.3, -0.25) is 4.79 Å². The number of hydrogen-bond acceptors (Lipinski definition) is 3. The minimum atomic E-state index is -0.0633. The molecule has 1 aromatic heterocycles. The Kier molecular flexibility index (Phi) is 5.56. The molecule has 0 aromatic carbocycles. The normalized spacial score (nSPS) is 14.6. The topological polar surface area (TPSA) is 42.9 Å². The average Bonchev–Trinajstić information content (AvgIpc) is 2.43. The van der Waals surface area contributed by atoms with Crippen LogP contribution in [0.3, 0.4) is 0 Å². The Bertz CT molecular complexity index is 565. The van der Waals surface area contributed by atoms with E-state index in [9.17, 15) is 4.79 Å². The van der Waals surface area contributed by atoms with Crippen LogP contribution in [-0.2, 0) is 4.79 Å². The molecule has 20 heavy (non-hydrogen) atoms. The van der Waals surface area contributed by atoms with Crippen LogP contribution in [0.25, 0.3) is 5.57 Å². The number of aromatic nitrogens is 2. The van der Waals surface area contributed by atoms with Crippen LogP contribution in [0.5, 0.6) is 0 Å². The molecule has 1 atom stereocenters. The maximum absolute atomic E-state index is 11.5. The highest BCUT2D eigenvalue weighted by Crippen LogP contribution is 2.21. The molecule has 1 unspecified atom stereocenters. The molecule has 3 heteroatoms. The van der Waals surface area contributed by atoms with Crippen molar-refractivity contribution in [1.82, 2.24) is 9.97 Å². The minimum Gasteiger partial charge on any atom is -0.299 e. The van der Waals surface area contributed by atoms with Crippen LogP contribution in [0.2, 0.25) is 0 Å². The number of allylic oxidation sites excluding steroid dienone is 5. The largest absolute Gasteiger partial charge is 0.299 e. The molecule has 0 bridgehead atoms. The summed E-state index contributed by atoms with van der Waals surface area (Å²) in [5.74, 6) is 0.853. The van der Waals surface area contributed by atoms with Crippen molar-refractivity contribution in [3.8, 4) is 0 Å². The number of ketones is 1. The SMILES string of the molecule is C=C/C(=C\C(C)=C(/C)C(C)C(C)=O)c1cnc(C)nc1. The van der Waals surface area contributed by atoms with Crippen LogP contribution in [0.4, 0.5) is 0 Å². The molecule has 1 aromatic rings. The molecule has 0 radical (unpaired) electrons. The van der Waals surface area contributed by atoms with E-state index in [1.54, 1.807) is 25.4 Å². The summed E-state index contributed by atoms with van der Waals surface area (Å²) in [6.07, 6.45) is 7.37. The van der Waals surface area contributed by atoms with Crippen molar-refractivity contribution in [2.24, 2.45) is 5.92 Å². The molecule has 0 fully saturated rings. The monoisotopic (exact) mass is 270 g/mol. The van der Waals surface area contributed by atoms with E-state index >= 15 is 0 Å². The maximum Gasteiger partial charge on any atom is 0.136 e. The number of nitrogens with zero attached hydrogens (tertiary/aromatic N) is 2. The Labute approximate surface area is 121 Å². The van der Waals surface area contributed by atoms with Crippen molar-refractivity contribution in [3.63, 3.8) is 0 Å². The van der Waals surface area contributed by atoms with E-state index in [-0.39, 0.29) is 11.7 Å². The number of carbonyl (C=O) groups excluding carboxylic acids is 1. The first-order valence-corrected chi connectivity index (χ1v) is 6.67. The zero-order chi connectivity index (χ0) is 15.3. The smallest absolute Gasteiger partial charge is 0.136 e. The average molecular weight is 270 g/mol. The molecule has 0 aliphatic heterocycles. The Morgan fingerprint density at radius 3 is 2.25 bits per heavy atom. The van der Waals surface area contributed by atoms with E-state index in [4.69, 9.17) is 0 Å². The van der Waals surface area contributed by atoms with E-state index in [2.05, 4.69) is 16.5 Å². The summed E-state index contributed by atoms with van der Waals surface area (Å²) in [4.78, 5) is 19.8. The standard InChI is InChI=1S/C17H22N2O/c1-7-16(17-9-18-15(6)19-10-17)8-11(2)12(3)13(4)14(5)20/h7-10,13H,1H2,2-6H3/b12-11+,16-8+. The second-order valence-electron chi connectivity index (χ2n) is 5.02. The fourth-order valence-corrected chi connectivity index (χ4v) is 1.80. The summed E-state index contributed by atoms with van der Waals surface area (Å²) in [5, 5.41) is 0. The van der Waals surface area contributed by atoms with E-state index < -0.39 is 0 Å². The van der Waals surface area contributed by atoms with Crippen molar-refractivity contribution in [3.05, 3.63) is 53.7 Å². The second kappa shape index (κ2) is 6.94.